The van der Waals surface area contributed by atoms with Gasteiger partial charge in [0.1, 0.15) is 5.60 Å². The van der Waals surface area contributed by atoms with Crippen LogP contribution in [0.2, 0.25) is 0 Å². The summed E-state index contributed by atoms with van der Waals surface area (Å²) in [5.41, 5.74) is 6.74. The van der Waals surface area contributed by atoms with Gasteiger partial charge in [0, 0.05) is 10.3 Å². The first kappa shape index (κ1) is 13.8. The molecule has 5 heteroatoms. The number of thiophene rings is 1. The Balaban J connectivity index is 2.66. The van der Waals surface area contributed by atoms with Crippen LogP contribution in [-0.2, 0) is 11.2 Å². The fourth-order valence-corrected chi connectivity index (χ4v) is 2.34. The van der Waals surface area contributed by atoms with Gasteiger partial charge in [-0.1, -0.05) is 13.3 Å². The quantitative estimate of drug-likeness (QED) is 0.868. The number of amides is 1. The Labute approximate surface area is 106 Å². The van der Waals surface area contributed by atoms with Gasteiger partial charge in [0.05, 0.1) is 11.4 Å². The molecule has 0 aliphatic heterocycles. The first-order valence-electron chi connectivity index (χ1n) is 5.69. The van der Waals surface area contributed by atoms with Gasteiger partial charge in [-0.15, -0.1) is 11.3 Å². The van der Waals surface area contributed by atoms with Crippen LogP contribution in [0.4, 0.5) is 16.2 Å². The van der Waals surface area contributed by atoms with E-state index in [0.29, 0.717) is 11.4 Å². The molecule has 0 saturated heterocycles. The summed E-state index contributed by atoms with van der Waals surface area (Å²) in [4.78, 5) is 12.7. The maximum absolute atomic E-state index is 11.6. The minimum atomic E-state index is -0.499. The van der Waals surface area contributed by atoms with Crippen molar-refractivity contribution in [1.29, 1.82) is 0 Å². The van der Waals surface area contributed by atoms with Crippen molar-refractivity contribution < 1.29 is 9.53 Å². The minimum Gasteiger partial charge on any atom is -0.444 e. The lowest BCUT2D eigenvalue weighted by Gasteiger charge is -2.19. The SMILES string of the molecule is CCCc1scc(NC(=O)OC(C)(C)C)c1N. The van der Waals surface area contributed by atoms with Crippen LogP contribution >= 0.6 is 11.3 Å². The molecule has 96 valence electrons. The molecule has 0 aromatic carbocycles. The van der Waals surface area contributed by atoms with E-state index in [0.717, 1.165) is 17.7 Å². The van der Waals surface area contributed by atoms with Crippen LogP contribution in [0.25, 0.3) is 0 Å². The second-order valence-corrected chi connectivity index (χ2v) is 5.83. The summed E-state index contributed by atoms with van der Waals surface area (Å²) in [5.74, 6) is 0. The summed E-state index contributed by atoms with van der Waals surface area (Å²) in [6.07, 6.45) is 1.51. The fourth-order valence-electron chi connectivity index (χ4n) is 1.34. The Kier molecular flexibility index (Phi) is 4.40. The minimum absolute atomic E-state index is 0.468. The summed E-state index contributed by atoms with van der Waals surface area (Å²) in [6, 6.07) is 0. The largest absolute Gasteiger partial charge is 0.444 e. The standard InChI is InChI=1S/C12H20N2O2S/c1-5-6-9-10(13)8(7-17-9)14-11(15)16-12(2,3)4/h7H,5-6,13H2,1-4H3,(H,14,15). The summed E-state index contributed by atoms with van der Waals surface area (Å²) in [5, 5.41) is 4.52. The van der Waals surface area contributed by atoms with Crippen molar-refractivity contribution in [2.75, 3.05) is 11.1 Å². The maximum Gasteiger partial charge on any atom is 0.412 e. The molecule has 4 nitrogen and oxygen atoms in total. The van der Waals surface area contributed by atoms with Crippen LogP contribution in [0.3, 0.4) is 0 Å². The molecule has 0 radical (unpaired) electrons. The highest BCUT2D eigenvalue weighted by Crippen LogP contribution is 2.31. The number of nitrogen functional groups attached to an aromatic ring is 1. The van der Waals surface area contributed by atoms with Gasteiger partial charge in [-0.25, -0.2) is 4.79 Å². The molecule has 0 spiro atoms. The molecule has 0 bridgehead atoms. The predicted octanol–water partition coefficient (Wildman–Crippen LogP) is 3.63. The van der Waals surface area contributed by atoms with Gasteiger partial charge in [0.15, 0.2) is 0 Å². The number of hydrogen-bond donors (Lipinski definition) is 2. The number of hydrogen-bond acceptors (Lipinski definition) is 4. The average Bonchev–Trinajstić information content (AvgIpc) is 2.47. The summed E-state index contributed by atoms with van der Waals surface area (Å²) >= 11 is 1.57. The number of carbonyl (C=O) groups is 1. The highest BCUT2D eigenvalue weighted by atomic mass is 32.1. The number of nitrogens with one attached hydrogen (secondary N) is 1. The number of aryl methyl sites for hydroxylation is 1. The van der Waals surface area contributed by atoms with Crippen molar-refractivity contribution in [3.63, 3.8) is 0 Å². The van der Waals surface area contributed by atoms with Crippen molar-refractivity contribution in [3.8, 4) is 0 Å². The van der Waals surface area contributed by atoms with E-state index >= 15 is 0 Å². The van der Waals surface area contributed by atoms with Crippen LogP contribution in [0.15, 0.2) is 5.38 Å². The Morgan fingerprint density at radius 1 is 1.53 bits per heavy atom. The Morgan fingerprint density at radius 2 is 2.18 bits per heavy atom. The molecule has 17 heavy (non-hydrogen) atoms. The molecule has 0 saturated carbocycles. The zero-order valence-electron chi connectivity index (χ0n) is 10.8. The summed E-state index contributed by atoms with van der Waals surface area (Å²) in [6.45, 7) is 7.57. The van der Waals surface area contributed by atoms with E-state index in [1.165, 1.54) is 0 Å². The highest BCUT2D eigenvalue weighted by Gasteiger charge is 2.18. The van der Waals surface area contributed by atoms with Crippen molar-refractivity contribution in [2.45, 2.75) is 46.1 Å². The maximum atomic E-state index is 11.6. The molecule has 1 aromatic rings. The smallest absolute Gasteiger partial charge is 0.412 e. The van der Waals surface area contributed by atoms with E-state index in [9.17, 15) is 4.79 Å². The van der Waals surface area contributed by atoms with Gasteiger partial charge in [-0.05, 0) is 27.2 Å². The Hall–Kier alpha value is -1.23. The molecule has 0 fully saturated rings. The number of nitrogens with two attached hydrogens (primary N) is 1. The van der Waals surface area contributed by atoms with Gasteiger partial charge in [0.25, 0.3) is 0 Å². The Bertz CT molecular complexity index is 394. The predicted molar refractivity (Wildman–Crippen MR) is 72.6 cm³/mol. The average molecular weight is 256 g/mol. The normalized spacial score (nSPS) is 11.3. The zero-order valence-corrected chi connectivity index (χ0v) is 11.6. The second kappa shape index (κ2) is 5.40. The molecule has 0 aliphatic rings. The van der Waals surface area contributed by atoms with Gasteiger partial charge in [-0.2, -0.15) is 0 Å². The second-order valence-electron chi connectivity index (χ2n) is 4.86. The van der Waals surface area contributed by atoms with Crippen LogP contribution in [0.1, 0.15) is 39.0 Å². The zero-order chi connectivity index (χ0) is 13.1. The molecule has 0 atom stereocenters. The van der Waals surface area contributed by atoms with Gasteiger partial charge in [-0.3, -0.25) is 5.32 Å². The monoisotopic (exact) mass is 256 g/mol. The summed E-state index contributed by atoms with van der Waals surface area (Å²) in [7, 11) is 0. The molecule has 1 amide bonds. The first-order chi connectivity index (χ1) is 7.83. The third-order valence-corrected chi connectivity index (χ3v) is 3.08. The lowest BCUT2D eigenvalue weighted by Crippen LogP contribution is -2.27. The summed E-state index contributed by atoms with van der Waals surface area (Å²) < 4.78 is 5.16. The van der Waals surface area contributed by atoms with Gasteiger partial charge < -0.3 is 10.5 Å². The van der Waals surface area contributed by atoms with Crippen molar-refractivity contribution in [1.82, 2.24) is 0 Å². The van der Waals surface area contributed by atoms with Crippen molar-refractivity contribution in [3.05, 3.63) is 10.3 Å². The molecular weight excluding hydrogens is 236 g/mol. The van der Waals surface area contributed by atoms with E-state index in [2.05, 4.69) is 12.2 Å². The molecular formula is C12H20N2O2S. The lowest BCUT2D eigenvalue weighted by atomic mass is 10.2. The fraction of sp³-hybridized carbons (Fsp3) is 0.583. The van der Waals surface area contributed by atoms with Crippen LogP contribution in [0.5, 0.6) is 0 Å². The van der Waals surface area contributed by atoms with E-state index < -0.39 is 11.7 Å². The van der Waals surface area contributed by atoms with Crippen LogP contribution in [0, 0.1) is 0 Å². The van der Waals surface area contributed by atoms with E-state index in [1.807, 2.05) is 26.2 Å². The van der Waals surface area contributed by atoms with Crippen molar-refractivity contribution in [2.24, 2.45) is 0 Å². The van der Waals surface area contributed by atoms with Gasteiger partial charge >= 0.3 is 6.09 Å². The highest BCUT2D eigenvalue weighted by molar-refractivity contribution is 7.11. The molecule has 3 N–H and O–H groups in total. The van der Waals surface area contributed by atoms with E-state index in [1.54, 1.807) is 11.3 Å². The van der Waals surface area contributed by atoms with Crippen molar-refractivity contribution >= 4 is 28.8 Å². The molecule has 1 aromatic heterocycles. The van der Waals surface area contributed by atoms with E-state index in [-0.39, 0.29) is 0 Å². The molecule has 0 aliphatic carbocycles. The number of anilines is 2. The third kappa shape index (κ3) is 4.26. The first-order valence-corrected chi connectivity index (χ1v) is 6.57. The van der Waals surface area contributed by atoms with E-state index in [4.69, 9.17) is 10.5 Å². The van der Waals surface area contributed by atoms with Crippen LogP contribution in [-0.4, -0.2) is 11.7 Å². The third-order valence-electron chi connectivity index (χ3n) is 2.02. The lowest BCUT2D eigenvalue weighted by molar-refractivity contribution is 0.0636. The van der Waals surface area contributed by atoms with Gasteiger partial charge in [0.2, 0.25) is 0 Å². The Morgan fingerprint density at radius 3 is 2.71 bits per heavy atom. The van der Waals surface area contributed by atoms with Crippen LogP contribution < -0.4 is 11.1 Å². The molecule has 1 rings (SSSR count). The molecule has 1 heterocycles. The number of ether oxygens (including phenoxy) is 1. The number of rotatable bonds is 3. The topological polar surface area (TPSA) is 64.3 Å². The number of carbonyl (C=O) groups excluding carboxylic acids is 1. The molecule has 0 unspecified atom stereocenters.